The summed E-state index contributed by atoms with van der Waals surface area (Å²) >= 11 is 0. The van der Waals surface area contributed by atoms with Crippen LogP contribution in [0.1, 0.15) is 21.8 Å². The minimum absolute atomic E-state index is 0. The predicted molar refractivity (Wildman–Crippen MR) is 54.1 cm³/mol. The minimum Gasteiger partial charge on any atom is -0.385 e. The van der Waals surface area contributed by atoms with Crippen LogP contribution in [-0.4, -0.2) is 6.54 Å². The molecular weight excluding hydrogens is 134 g/mol. The highest BCUT2D eigenvalue weighted by Crippen LogP contribution is 2.02. The van der Waals surface area contributed by atoms with Crippen LogP contribution in [0.15, 0.2) is 30.3 Å². The first-order valence-electron chi connectivity index (χ1n) is 3.22. The normalized spacial score (nSPS) is 7.36. The quantitative estimate of drug-likeness (QED) is 0.686. The summed E-state index contributed by atoms with van der Waals surface area (Å²) in [5.74, 6) is 0. The van der Waals surface area contributed by atoms with E-state index in [1.165, 1.54) is 5.69 Å². The highest BCUT2D eigenvalue weighted by molar-refractivity contribution is 5.41. The van der Waals surface area contributed by atoms with Gasteiger partial charge in [-0.15, -0.1) is 0 Å². The molecule has 0 aliphatic carbocycles. The second kappa shape index (κ2) is 7.13. The lowest BCUT2D eigenvalue weighted by Gasteiger charge is -1.99. The van der Waals surface area contributed by atoms with Gasteiger partial charge in [-0.2, -0.15) is 0 Å². The summed E-state index contributed by atoms with van der Waals surface area (Å²) in [5, 5.41) is 3.21. The molecule has 0 spiro atoms. The van der Waals surface area contributed by atoms with Crippen LogP contribution in [-0.2, 0) is 0 Å². The predicted octanol–water partition coefficient (Wildman–Crippen LogP) is 3.39. The summed E-state index contributed by atoms with van der Waals surface area (Å²) in [6, 6.07) is 10.2. The molecule has 64 valence electrons. The largest absolute Gasteiger partial charge is 0.385 e. The van der Waals surface area contributed by atoms with E-state index >= 15 is 0 Å². The monoisotopic (exact) mass is 153 g/mol. The van der Waals surface area contributed by atoms with Gasteiger partial charge in [-0.3, -0.25) is 0 Å². The molecule has 1 nitrogen and oxygen atoms in total. The van der Waals surface area contributed by atoms with Crippen LogP contribution in [0.2, 0.25) is 0 Å². The van der Waals surface area contributed by atoms with E-state index in [4.69, 9.17) is 0 Å². The number of hydrogen-bond donors (Lipinski definition) is 1. The van der Waals surface area contributed by atoms with Crippen LogP contribution in [0.4, 0.5) is 5.69 Å². The van der Waals surface area contributed by atoms with Crippen molar-refractivity contribution in [3.63, 3.8) is 0 Å². The first kappa shape index (κ1) is 12.7. The maximum absolute atomic E-state index is 3.21. The Hall–Kier alpha value is -0.980. The van der Waals surface area contributed by atoms with Gasteiger partial charge >= 0.3 is 0 Å². The molecule has 1 N–H and O–H groups in total. The number of para-hydroxylation sites is 1. The Morgan fingerprint density at radius 2 is 1.64 bits per heavy atom. The van der Waals surface area contributed by atoms with Gasteiger partial charge in [0.2, 0.25) is 0 Å². The van der Waals surface area contributed by atoms with E-state index in [1.54, 1.807) is 0 Å². The lowest BCUT2D eigenvalue weighted by atomic mass is 10.3. The van der Waals surface area contributed by atoms with Crippen molar-refractivity contribution in [3.8, 4) is 0 Å². The summed E-state index contributed by atoms with van der Waals surface area (Å²) in [7, 11) is 0. The average Bonchev–Trinajstić information content (AvgIpc) is 1.91. The van der Waals surface area contributed by atoms with Crippen molar-refractivity contribution < 1.29 is 0 Å². The van der Waals surface area contributed by atoms with Crippen LogP contribution in [0.3, 0.4) is 0 Å². The summed E-state index contributed by atoms with van der Waals surface area (Å²) in [6.45, 7) is 3.08. The Kier molecular flexibility index (Phi) is 8.22. The van der Waals surface area contributed by atoms with Crippen molar-refractivity contribution in [2.24, 2.45) is 0 Å². The number of nitrogens with one attached hydrogen (secondary N) is 1. The Labute approximate surface area is 70.5 Å². The molecule has 0 aromatic heterocycles. The Balaban J connectivity index is 0. The van der Waals surface area contributed by atoms with Gasteiger partial charge in [0.25, 0.3) is 0 Å². The molecule has 0 heterocycles. The third-order valence-corrected chi connectivity index (χ3v) is 1.15. The smallest absolute Gasteiger partial charge is 0.0340 e. The molecule has 0 aliphatic rings. The molecule has 0 saturated heterocycles. The Morgan fingerprint density at radius 1 is 1.09 bits per heavy atom. The maximum Gasteiger partial charge on any atom is 0.0340 e. The molecule has 0 fully saturated rings. The van der Waals surface area contributed by atoms with E-state index in [1.807, 2.05) is 18.2 Å². The second-order valence-electron chi connectivity index (χ2n) is 1.90. The van der Waals surface area contributed by atoms with Crippen molar-refractivity contribution in [1.29, 1.82) is 0 Å². The van der Waals surface area contributed by atoms with Crippen LogP contribution in [0.5, 0.6) is 0 Å². The van der Waals surface area contributed by atoms with E-state index < -0.39 is 0 Å². The van der Waals surface area contributed by atoms with E-state index in [9.17, 15) is 0 Å². The van der Waals surface area contributed by atoms with Gasteiger partial charge < -0.3 is 5.32 Å². The molecule has 1 aromatic rings. The van der Waals surface area contributed by atoms with Crippen molar-refractivity contribution in [2.45, 2.75) is 21.8 Å². The van der Waals surface area contributed by atoms with Crippen molar-refractivity contribution in [1.82, 2.24) is 0 Å². The van der Waals surface area contributed by atoms with Crippen LogP contribution < -0.4 is 5.32 Å². The lowest BCUT2D eigenvalue weighted by Crippen LogP contribution is -1.94. The second-order valence-corrected chi connectivity index (χ2v) is 1.90. The van der Waals surface area contributed by atoms with E-state index in [0.29, 0.717) is 0 Å². The fourth-order valence-electron chi connectivity index (χ4n) is 0.760. The fraction of sp³-hybridized carbons (Fsp3) is 0.400. The first-order valence-corrected chi connectivity index (χ1v) is 3.22. The van der Waals surface area contributed by atoms with E-state index in [2.05, 4.69) is 24.4 Å². The topological polar surface area (TPSA) is 12.0 Å². The van der Waals surface area contributed by atoms with Crippen molar-refractivity contribution in [3.05, 3.63) is 30.3 Å². The third-order valence-electron chi connectivity index (χ3n) is 1.15. The zero-order valence-electron chi connectivity index (χ0n) is 5.59. The van der Waals surface area contributed by atoms with Gasteiger partial charge in [-0.05, 0) is 19.1 Å². The highest BCUT2D eigenvalue weighted by atomic mass is 14.8. The van der Waals surface area contributed by atoms with Gasteiger partial charge in [0.15, 0.2) is 0 Å². The standard InChI is InChI=1S/C8H11N.2CH4/c1-2-9-8-6-4-3-5-7-8;;/h3-7,9H,2H2,1H3;2*1H4. The highest BCUT2D eigenvalue weighted by Gasteiger charge is 1.81. The number of anilines is 1. The molecule has 1 rings (SSSR count). The molecule has 1 heteroatoms. The summed E-state index contributed by atoms with van der Waals surface area (Å²) < 4.78 is 0. The fourth-order valence-corrected chi connectivity index (χ4v) is 0.760. The molecule has 0 unspecified atom stereocenters. The van der Waals surface area contributed by atoms with E-state index in [0.717, 1.165) is 6.54 Å². The molecule has 0 atom stereocenters. The molecule has 0 bridgehead atoms. The average molecular weight is 153 g/mol. The molecule has 0 aliphatic heterocycles. The summed E-state index contributed by atoms with van der Waals surface area (Å²) in [4.78, 5) is 0. The zero-order chi connectivity index (χ0) is 6.53. The van der Waals surface area contributed by atoms with Gasteiger partial charge in [0, 0.05) is 12.2 Å². The van der Waals surface area contributed by atoms with Gasteiger partial charge in [0.05, 0.1) is 0 Å². The number of benzene rings is 1. The summed E-state index contributed by atoms with van der Waals surface area (Å²) in [5.41, 5.74) is 1.19. The Bertz CT molecular complexity index is 158. The maximum atomic E-state index is 3.21. The molecule has 0 radical (unpaired) electrons. The first-order chi connectivity index (χ1) is 4.43. The molecule has 0 amide bonds. The number of rotatable bonds is 2. The molecule has 0 saturated carbocycles. The van der Waals surface area contributed by atoms with Gasteiger partial charge in [0.1, 0.15) is 0 Å². The van der Waals surface area contributed by atoms with E-state index in [-0.39, 0.29) is 14.9 Å². The third kappa shape index (κ3) is 4.43. The van der Waals surface area contributed by atoms with Crippen LogP contribution in [0.25, 0.3) is 0 Å². The van der Waals surface area contributed by atoms with Gasteiger partial charge in [-0.25, -0.2) is 0 Å². The minimum atomic E-state index is 0. The van der Waals surface area contributed by atoms with Crippen LogP contribution in [0, 0.1) is 0 Å². The molecule has 1 aromatic carbocycles. The number of hydrogen-bond acceptors (Lipinski definition) is 1. The summed E-state index contributed by atoms with van der Waals surface area (Å²) in [6.07, 6.45) is 0. The van der Waals surface area contributed by atoms with Crippen molar-refractivity contribution >= 4 is 5.69 Å². The SMILES string of the molecule is C.C.CCNc1ccccc1. The van der Waals surface area contributed by atoms with Crippen molar-refractivity contribution in [2.75, 3.05) is 11.9 Å². The molecule has 11 heavy (non-hydrogen) atoms. The lowest BCUT2D eigenvalue weighted by molar-refractivity contribution is 1.21. The Morgan fingerprint density at radius 3 is 2.09 bits per heavy atom. The van der Waals surface area contributed by atoms with Gasteiger partial charge in [-0.1, -0.05) is 33.1 Å². The molecular formula is C10H19N. The zero-order valence-corrected chi connectivity index (χ0v) is 5.59. The van der Waals surface area contributed by atoms with Crippen LogP contribution >= 0.6 is 0 Å².